The number of benzene rings is 6. The topological polar surface area (TPSA) is 17.0 Å². The first-order valence-electron chi connectivity index (χ1n) is 14.7. The maximum Gasteiger partial charge on any atom is 0.197 e. The van der Waals surface area contributed by atoms with Crippen molar-refractivity contribution in [2.24, 2.45) is 0 Å². The Balaban J connectivity index is 1.38. The van der Waals surface area contributed by atoms with E-state index in [1.165, 1.54) is 71.8 Å². The minimum Gasteiger partial charge on any atom is -0.355 e. The second-order valence-corrected chi connectivity index (χ2v) is 12.1. The molecule has 0 fully saturated rings. The van der Waals surface area contributed by atoms with Crippen LogP contribution in [0.1, 0.15) is 25.0 Å². The molecule has 1 N–H and O–H groups in total. The fourth-order valence-electron chi connectivity index (χ4n) is 7.52. The summed E-state index contributed by atoms with van der Waals surface area (Å²) < 4.78 is 2.51. The number of anilines is 2. The van der Waals surface area contributed by atoms with Gasteiger partial charge < -0.3 is 9.88 Å². The van der Waals surface area contributed by atoms with E-state index in [4.69, 9.17) is 0 Å². The fraction of sp³-hybridized carbons (Fsp3) is 0.0769. The van der Waals surface area contributed by atoms with Crippen LogP contribution in [0.15, 0.2) is 127 Å². The van der Waals surface area contributed by atoms with Gasteiger partial charge in [-0.2, -0.15) is 0 Å². The lowest BCUT2D eigenvalue weighted by molar-refractivity contribution is 0.661. The summed E-state index contributed by atoms with van der Waals surface area (Å²) in [5.41, 5.74) is 16.5. The molecule has 1 aliphatic carbocycles. The molecule has 0 bridgehead atoms. The Morgan fingerprint density at radius 1 is 0.619 bits per heavy atom. The first-order chi connectivity index (χ1) is 20.6. The summed E-state index contributed by atoms with van der Waals surface area (Å²) in [5, 5.41) is 6.35. The molecule has 0 spiro atoms. The van der Waals surface area contributed by atoms with Crippen LogP contribution in [0.3, 0.4) is 0 Å². The van der Waals surface area contributed by atoms with Crippen molar-refractivity contribution in [1.29, 1.82) is 0 Å². The Hall–Kier alpha value is -5.02. The molecule has 42 heavy (non-hydrogen) atoms. The summed E-state index contributed by atoms with van der Waals surface area (Å²) in [4.78, 5) is 0. The van der Waals surface area contributed by atoms with Gasteiger partial charge >= 0.3 is 0 Å². The van der Waals surface area contributed by atoms with Crippen molar-refractivity contribution in [3.8, 4) is 27.9 Å². The number of nitrogens with zero attached hydrogens (tertiary/aromatic N) is 1. The highest BCUT2D eigenvalue weighted by Gasteiger charge is 2.38. The molecule has 1 aromatic heterocycles. The third-order valence-corrected chi connectivity index (χ3v) is 9.42. The Bertz CT molecular complexity index is 2220. The zero-order chi connectivity index (χ0) is 28.0. The highest BCUT2D eigenvalue weighted by atomic mass is 15.0. The Morgan fingerprint density at radius 2 is 1.36 bits per heavy atom. The second-order valence-electron chi connectivity index (χ2n) is 12.1. The molecule has 2 nitrogen and oxygen atoms in total. The lowest BCUT2D eigenvalue weighted by atomic mass is 9.59. The lowest BCUT2D eigenvalue weighted by Crippen LogP contribution is -2.37. The van der Waals surface area contributed by atoms with Gasteiger partial charge in [-0.1, -0.05) is 116 Å². The van der Waals surface area contributed by atoms with Crippen LogP contribution in [-0.2, 0) is 5.41 Å². The largest absolute Gasteiger partial charge is 0.355 e. The van der Waals surface area contributed by atoms with Crippen molar-refractivity contribution < 1.29 is 0 Å². The number of fused-ring (bicyclic) bond motifs is 9. The maximum absolute atomic E-state index is 3.68. The van der Waals surface area contributed by atoms with Crippen molar-refractivity contribution in [2.45, 2.75) is 19.3 Å². The molecule has 197 valence electrons. The van der Waals surface area contributed by atoms with Gasteiger partial charge in [-0.25, -0.2) is 0 Å². The quantitative estimate of drug-likeness (QED) is 0.225. The SMILES string of the molecule is CC1(C)c2ccccc2-c2c1ccc1c2c2ccc(-c3ccccc3Nc3ccccc3)c3c2n1-c1ccccc1[B]3. The van der Waals surface area contributed by atoms with Crippen LogP contribution < -0.4 is 16.2 Å². The molecule has 0 saturated carbocycles. The number of rotatable bonds is 3. The number of nitrogens with one attached hydrogen (secondary N) is 1. The normalized spacial score (nSPS) is 13.9. The molecule has 0 atom stereocenters. The van der Waals surface area contributed by atoms with E-state index in [9.17, 15) is 0 Å². The zero-order valence-electron chi connectivity index (χ0n) is 23.6. The van der Waals surface area contributed by atoms with Gasteiger partial charge in [-0.3, -0.25) is 0 Å². The van der Waals surface area contributed by atoms with E-state index < -0.39 is 0 Å². The van der Waals surface area contributed by atoms with Crippen molar-refractivity contribution in [3.63, 3.8) is 0 Å². The minimum absolute atomic E-state index is 0.0381. The molecule has 0 saturated heterocycles. The molecular formula is C39H28BN2. The molecular weight excluding hydrogens is 507 g/mol. The number of para-hydroxylation sites is 3. The van der Waals surface area contributed by atoms with Crippen LogP contribution in [0, 0.1) is 0 Å². The van der Waals surface area contributed by atoms with E-state index in [1.807, 2.05) is 0 Å². The van der Waals surface area contributed by atoms with Gasteiger partial charge in [0.05, 0.1) is 5.52 Å². The van der Waals surface area contributed by atoms with Crippen LogP contribution in [0.25, 0.3) is 49.7 Å². The summed E-state index contributed by atoms with van der Waals surface area (Å²) in [6, 6.07) is 46.3. The van der Waals surface area contributed by atoms with Crippen molar-refractivity contribution in [2.75, 3.05) is 5.32 Å². The second kappa shape index (κ2) is 8.50. The number of aromatic nitrogens is 1. The van der Waals surface area contributed by atoms with E-state index >= 15 is 0 Å². The van der Waals surface area contributed by atoms with Gasteiger partial charge in [0.2, 0.25) is 0 Å². The molecule has 2 aliphatic rings. The summed E-state index contributed by atoms with van der Waals surface area (Å²) in [6.07, 6.45) is 0. The fourth-order valence-corrected chi connectivity index (χ4v) is 7.52. The zero-order valence-corrected chi connectivity index (χ0v) is 23.6. The van der Waals surface area contributed by atoms with Gasteiger partial charge in [-0.05, 0) is 63.6 Å². The van der Waals surface area contributed by atoms with Crippen molar-refractivity contribution in [3.05, 3.63) is 139 Å². The van der Waals surface area contributed by atoms with Gasteiger partial charge in [0, 0.05) is 44.3 Å². The van der Waals surface area contributed by atoms with E-state index in [-0.39, 0.29) is 5.41 Å². The number of hydrogen-bond acceptors (Lipinski definition) is 1. The van der Waals surface area contributed by atoms with Crippen molar-refractivity contribution >= 4 is 51.4 Å². The van der Waals surface area contributed by atoms with Gasteiger partial charge in [0.25, 0.3) is 0 Å². The molecule has 1 aliphatic heterocycles. The van der Waals surface area contributed by atoms with Crippen LogP contribution >= 0.6 is 0 Å². The summed E-state index contributed by atoms with van der Waals surface area (Å²) in [5.74, 6) is 0. The highest BCUT2D eigenvalue weighted by Crippen LogP contribution is 2.53. The Labute approximate surface area is 246 Å². The van der Waals surface area contributed by atoms with E-state index in [1.54, 1.807) is 0 Å². The summed E-state index contributed by atoms with van der Waals surface area (Å²) >= 11 is 0. The minimum atomic E-state index is -0.0381. The highest BCUT2D eigenvalue weighted by molar-refractivity contribution is 6.73. The molecule has 0 amide bonds. The third-order valence-electron chi connectivity index (χ3n) is 9.42. The smallest absolute Gasteiger partial charge is 0.197 e. The standard InChI is InChI=1S/C39H28BN2/c1-39(2)29-16-8-6-15-27(29)35-30(39)22-23-34-36(35)28-21-20-26(37-38(28)42(34)33-19-11-9-17-31(33)40-37)25-14-7-10-18-32(25)41-24-12-4-3-5-13-24/h3-23,41H,1-2H3. The van der Waals surface area contributed by atoms with Crippen LogP contribution in [-0.4, -0.2) is 11.8 Å². The lowest BCUT2D eigenvalue weighted by Gasteiger charge is -2.23. The average Bonchev–Trinajstić information content (AvgIpc) is 3.49. The molecule has 7 aromatic rings. The van der Waals surface area contributed by atoms with Crippen LogP contribution in [0.2, 0.25) is 0 Å². The van der Waals surface area contributed by atoms with Crippen molar-refractivity contribution in [1.82, 2.24) is 4.57 Å². The molecule has 1 radical (unpaired) electrons. The first-order valence-corrected chi connectivity index (χ1v) is 14.7. The van der Waals surface area contributed by atoms with Gasteiger partial charge in [0.15, 0.2) is 7.28 Å². The average molecular weight is 535 g/mol. The third kappa shape index (κ3) is 3.11. The summed E-state index contributed by atoms with van der Waals surface area (Å²) in [7, 11) is 2.39. The predicted octanol–water partition coefficient (Wildman–Crippen LogP) is 8.47. The Kier molecular flexibility index (Phi) is 4.79. The number of hydrogen-bond donors (Lipinski definition) is 1. The van der Waals surface area contributed by atoms with E-state index in [2.05, 4.69) is 158 Å². The molecule has 3 heteroatoms. The van der Waals surface area contributed by atoms with Gasteiger partial charge in [0.1, 0.15) is 0 Å². The monoisotopic (exact) mass is 535 g/mol. The van der Waals surface area contributed by atoms with Gasteiger partial charge in [-0.15, -0.1) is 0 Å². The van der Waals surface area contributed by atoms with E-state index in [0.29, 0.717) is 0 Å². The predicted molar refractivity (Wildman–Crippen MR) is 179 cm³/mol. The first kappa shape index (κ1) is 23.7. The van der Waals surface area contributed by atoms with Crippen LogP contribution in [0.5, 0.6) is 0 Å². The van der Waals surface area contributed by atoms with Crippen LogP contribution in [0.4, 0.5) is 11.4 Å². The Morgan fingerprint density at radius 3 is 2.24 bits per heavy atom. The molecule has 9 rings (SSSR count). The molecule has 2 heterocycles. The maximum atomic E-state index is 3.68. The summed E-state index contributed by atoms with van der Waals surface area (Å²) in [6.45, 7) is 4.73. The van der Waals surface area contributed by atoms with E-state index in [0.717, 1.165) is 11.4 Å². The molecule has 6 aromatic carbocycles. The molecule has 0 unspecified atom stereocenters.